The predicted molar refractivity (Wildman–Crippen MR) is 66.1 cm³/mol. The second kappa shape index (κ2) is 5.90. The van der Waals surface area contributed by atoms with E-state index >= 15 is 0 Å². The molecule has 0 spiro atoms. The molecule has 0 saturated heterocycles. The zero-order valence-corrected chi connectivity index (χ0v) is 10.0. The van der Waals surface area contributed by atoms with E-state index in [1.807, 2.05) is 12.1 Å². The van der Waals surface area contributed by atoms with Gasteiger partial charge in [0.15, 0.2) is 11.5 Å². The second-order valence-corrected chi connectivity index (χ2v) is 3.91. The van der Waals surface area contributed by atoms with Crippen molar-refractivity contribution < 1.29 is 24.2 Å². The molecule has 6 nitrogen and oxygen atoms in total. The molecule has 0 aromatic heterocycles. The van der Waals surface area contributed by atoms with Gasteiger partial charge in [-0.2, -0.15) is 0 Å². The van der Waals surface area contributed by atoms with Crippen molar-refractivity contribution in [2.75, 3.05) is 13.2 Å². The Hall–Kier alpha value is -2.50. The summed E-state index contributed by atoms with van der Waals surface area (Å²) in [7, 11) is 0. The molecule has 0 fully saturated rings. The molecule has 1 aromatic carbocycles. The Bertz CT molecular complexity index is 512. The summed E-state index contributed by atoms with van der Waals surface area (Å²) in [5.74, 6) is -0.337. The molecular formula is C13H13NO5. The van der Waals surface area contributed by atoms with Crippen LogP contribution in [0.5, 0.6) is 11.5 Å². The largest absolute Gasteiger partial charge is 0.486 e. The Morgan fingerprint density at radius 3 is 2.79 bits per heavy atom. The van der Waals surface area contributed by atoms with Gasteiger partial charge >= 0.3 is 5.97 Å². The van der Waals surface area contributed by atoms with Crippen LogP contribution in [0.1, 0.15) is 0 Å². The number of carbonyl (C=O) groups is 2. The third-order valence-corrected chi connectivity index (χ3v) is 2.45. The molecule has 100 valence electrons. The van der Waals surface area contributed by atoms with Crippen molar-refractivity contribution in [3.8, 4) is 11.5 Å². The number of fused-ring (bicyclic) bond motifs is 1. The van der Waals surface area contributed by atoms with Crippen molar-refractivity contribution in [3.63, 3.8) is 0 Å². The second-order valence-electron chi connectivity index (χ2n) is 3.91. The van der Waals surface area contributed by atoms with E-state index in [1.165, 1.54) is 0 Å². The van der Waals surface area contributed by atoms with E-state index in [2.05, 4.69) is 5.32 Å². The summed E-state index contributed by atoms with van der Waals surface area (Å²) in [6, 6.07) is 7.27. The number of aliphatic carboxylic acids is 1. The van der Waals surface area contributed by atoms with Gasteiger partial charge in [-0.25, -0.2) is 4.79 Å². The van der Waals surface area contributed by atoms with Crippen molar-refractivity contribution in [1.29, 1.82) is 0 Å². The highest BCUT2D eigenvalue weighted by atomic mass is 16.6. The fourth-order valence-electron chi connectivity index (χ4n) is 1.58. The molecule has 1 unspecified atom stereocenters. The Labute approximate surface area is 109 Å². The smallest absolute Gasteiger partial charge is 0.328 e. The van der Waals surface area contributed by atoms with Crippen molar-refractivity contribution >= 4 is 11.9 Å². The molecule has 0 bridgehead atoms. The quantitative estimate of drug-likeness (QED) is 0.776. The minimum absolute atomic E-state index is 0.247. The van der Waals surface area contributed by atoms with Gasteiger partial charge in [-0.3, -0.25) is 4.79 Å². The lowest BCUT2D eigenvalue weighted by atomic mass is 10.2. The highest BCUT2D eigenvalue weighted by Gasteiger charge is 2.20. The Morgan fingerprint density at radius 2 is 2.05 bits per heavy atom. The molecule has 1 aromatic rings. The summed E-state index contributed by atoms with van der Waals surface area (Å²) < 4.78 is 11.1. The van der Waals surface area contributed by atoms with Crippen LogP contribution in [0.2, 0.25) is 0 Å². The minimum Gasteiger partial charge on any atom is -0.486 e. The molecule has 1 aliphatic rings. The third kappa shape index (κ3) is 3.74. The summed E-state index contributed by atoms with van der Waals surface area (Å²) in [5.41, 5.74) is 0. The van der Waals surface area contributed by atoms with E-state index < -0.39 is 11.9 Å². The van der Waals surface area contributed by atoms with Crippen LogP contribution in [-0.4, -0.2) is 36.2 Å². The van der Waals surface area contributed by atoms with Gasteiger partial charge in [-0.05, 0) is 12.1 Å². The van der Waals surface area contributed by atoms with Crippen LogP contribution < -0.4 is 14.8 Å². The van der Waals surface area contributed by atoms with Gasteiger partial charge in [0.2, 0.25) is 5.91 Å². The monoisotopic (exact) mass is 263 g/mol. The maximum atomic E-state index is 11.3. The number of ether oxygens (including phenoxy) is 2. The lowest BCUT2D eigenvalue weighted by Crippen LogP contribution is -2.40. The standard InChI is InChI=1S/C13H13NO5/c15-12(5-6-13(16)17)14-7-9-8-18-10-3-1-2-4-11(10)19-9/h1-6,9H,7-8H2,(H,14,15)(H,16,17). The zero-order chi connectivity index (χ0) is 13.7. The van der Waals surface area contributed by atoms with Crippen LogP contribution in [0, 0.1) is 0 Å². The molecule has 1 amide bonds. The molecule has 6 heteroatoms. The maximum absolute atomic E-state index is 11.3. The molecule has 2 N–H and O–H groups in total. The van der Waals surface area contributed by atoms with Crippen LogP contribution in [0.25, 0.3) is 0 Å². The number of hydrogen-bond acceptors (Lipinski definition) is 4. The molecule has 19 heavy (non-hydrogen) atoms. The van der Waals surface area contributed by atoms with Crippen LogP contribution >= 0.6 is 0 Å². The van der Waals surface area contributed by atoms with E-state index in [4.69, 9.17) is 14.6 Å². The third-order valence-electron chi connectivity index (χ3n) is 2.45. The first-order chi connectivity index (χ1) is 9.15. The number of hydrogen-bond donors (Lipinski definition) is 2. The van der Waals surface area contributed by atoms with E-state index in [1.54, 1.807) is 12.1 Å². The molecule has 0 saturated carbocycles. The first kappa shape index (κ1) is 12.9. The number of carboxylic acids is 1. The molecule has 1 aliphatic heterocycles. The number of carbonyl (C=O) groups excluding carboxylic acids is 1. The average molecular weight is 263 g/mol. The van der Waals surface area contributed by atoms with Crippen LogP contribution in [-0.2, 0) is 9.59 Å². The number of amides is 1. The van der Waals surface area contributed by atoms with Crippen molar-refractivity contribution in [3.05, 3.63) is 36.4 Å². The SMILES string of the molecule is O=C(O)C=CC(=O)NCC1COc2ccccc2O1. The van der Waals surface area contributed by atoms with Gasteiger partial charge < -0.3 is 19.9 Å². The predicted octanol–water partition coefficient (Wildman–Crippen LogP) is 0.583. The topological polar surface area (TPSA) is 84.9 Å². The molecule has 1 atom stereocenters. The number of rotatable bonds is 4. The highest BCUT2D eigenvalue weighted by Crippen LogP contribution is 2.30. The zero-order valence-electron chi connectivity index (χ0n) is 10.0. The number of nitrogens with one attached hydrogen (secondary N) is 1. The number of carboxylic acid groups (broad SMARTS) is 1. The van der Waals surface area contributed by atoms with Gasteiger partial charge in [0.05, 0.1) is 6.54 Å². The van der Waals surface area contributed by atoms with E-state index in [0.29, 0.717) is 18.1 Å². The van der Waals surface area contributed by atoms with Gasteiger partial charge in [-0.1, -0.05) is 12.1 Å². The van der Waals surface area contributed by atoms with Gasteiger partial charge in [0.1, 0.15) is 12.7 Å². The van der Waals surface area contributed by atoms with E-state index in [0.717, 1.165) is 12.2 Å². The van der Waals surface area contributed by atoms with Crippen molar-refractivity contribution in [2.45, 2.75) is 6.10 Å². The van der Waals surface area contributed by atoms with Gasteiger partial charge in [0.25, 0.3) is 0 Å². The minimum atomic E-state index is -1.17. The highest BCUT2D eigenvalue weighted by molar-refractivity contribution is 5.93. The van der Waals surface area contributed by atoms with Crippen molar-refractivity contribution in [2.24, 2.45) is 0 Å². The molecule has 0 aliphatic carbocycles. The molecule has 0 radical (unpaired) electrons. The Balaban J connectivity index is 1.83. The Kier molecular flexibility index (Phi) is 4.02. The molecule has 1 heterocycles. The Morgan fingerprint density at radius 1 is 1.32 bits per heavy atom. The lowest BCUT2D eigenvalue weighted by molar-refractivity contribution is -0.131. The lowest BCUT2D eigenvalue weighted by Gasteiger charge is -2.26. The summed E-state index contributed by atoms with van der Waals surface area (Å²) >= 11 is 0. The normalized spacial score (nSPS) is 17.2. The first-order valence-corrected chi connectivity index (χ1v) is 5.72. The first-order valence-electron chi connectivity index (χ1n) is 5.72. The van der Waals surface area contributed by atoms with E-state index in [-0.39, 0.29) is 12.6 Å². The van der Waals surface area contributed by atoms with Gasteiger partial charge in [-0.15, -0.1) is 0 Å². The van der Waals surface area contributed by atoms with Crippen LogP contribution in [0.4, 0.5) is 0 Å². The van der Waals surface area contributed by atoms with Crippen LogP contribution in [0.15, 0.2) is 36.4 Å². The van der Waals surface area contributed by atoms with Gasteiger partial charge in [0, 0.05) is 12.2 Å². The molecule has 2 rings (SSSR count). The maximum Gasteiger partial charge on any atom is 0.328 e. The summed E-state index contributed by atoms with van der Waals surface area (Å²) in [4.78, 5) is 21.5. The molecular weight excluding hydrogens is 250 g/mol. The number of benzene rings is 1. The number of para-hydroxylation sites is 2. The van der Waals surface area contributed by atoms with E-state index in [9.17, 15) is 9.59 Å². The van der Waals surface area contributed by atoms with Crippen molar-refractivity contribution in [1.82, 2.24) is 5.32 Å². The fourth-order valence-corrected chi connectivity index (χ4v) is 1.58. The summed E-state index contributed by atoms with van der Waals surface area (Å²) in [6.07, 6.45) is 1.44. The summed E-state index contributed by atoms with van der Waals surface area (Å²) in [6.45, 7) is 0.580. The van der Waals surface area contributed by atoms with Crippen LogP contribution in [0.3, 0.4) is 0 Å². The average Bonchev–Trinajstić information content (AvgIpc) is 2.42. The fraction of sp³-hybridized carbons (Fsp3) is 0.231. The summed E-state index contributed by atoms with van der Waals surface area (Å²) in [5, 5.41) is 10.9.